The molecule has 1 aromatic rings. The second-order valence-corrected chi connectivity index (χ2v) is 3.69. The Morgan fingerprint density at radius 2 is 2.15 bits per heavy atom. The normalized spacial score (nSPS) is 12.5. The molecule has 0 aliphatic carbocycles. The van der Waals surface area contributed by atoms with Crippen LogP contribution in [0.25, 0.3) is 0 Å². The lowest BCUT2D eigenvalue weighted by molar-refractivity contribution is 0.763. The number of anilines is 1. The Hall–Kier alpha value is -0.770. The first-order valence-corrected chi connectivity index (χ1v) is 5.78. The van der Waals surface area contributed by atoms with Gasteiger partial charge in [0.1, 0.15) is 0 Å². The number of rotatable bonds is 5. The zero-order valence-corrected chi connectivity index (χ0v) is 8.84. The van der Waals surface area contributed by atoms with Gasteiger partial charge in [0, 0.05) is 24.2 Å². The van der Waals surface area contributed by atoms with Crippen molar-refractivity contribution in [3.63, 3.8) is 0 Å². The summed E-state index contributed by atoms with van der Waals surface area (Å²) >= 11 is 1.84. The summed E-state index contributed by atoms with van der Waals surface area (Å²) in [7, 11) is 0. The molecule has 0 fully saturated rings. The molecule has 0 spiro atoms. The van der Waals surface area contributed by atoms with Crippen molar-refractivity contribution in [1.82, 2.24) is 9.97 Å². The van der Waals surface area contributed by atoms with Gasteiger partial charge in [-0.2, -0.15) is 11.8 Å². The van der Waals surface area contributed by atoms with Gasteiger partial charge in [-0.05, 0) is 18.7 Å². The molecule has 1 heterocycles. The van der Waals surface area contributed by atoms with E-state index in [-0.39, 0.29) is 0 Å². The van der Waals surface area contributed by atoms with Crippen molar-refractivity contribution in [2.24, 2.45) is 0 Å². The summed E-state index contributed by atoms with van der Waals surface area (Å²) < 4.78 is 0. The molecule has 3 nitrogen and oxygen atoms in total. The van der Waals surface area contributed by atoms with Gasteiger partial charge in [-0.1, -0.05) is 6.92 Å². The first-order chi connectivity index (χ1) is 6.36. The summed E-state index contributed by atoms with van der Waals surface area (Å²) in [6.07, 6.45) is 6.71. The van der Waals surface area contributed by atoms with Crippen molar-refractivity contribution in [3.8, 4) is 0 Å². The molecule has 0 saturated carbocycles. The van der Waals surface area contributed by atoms with Crippen LogP contribution in [0.5, 0.6) is 0 Å². The van der Waals surface area contributed by atoms with Crippen molar-refractivity contribution >= 4 is 17.7 Å². The van der Waals surface area contributed by atoms with Crippen LogP contribution in [0.1, 0.15) is 13.3 Å². The fourth-order valence-corrected chi connectivity index (χ4v) is 1.74. The Morgan fingerprint density at radius 3 is 2.69 bits per heavy atom. The summed E-state index contributed by atoms with van der Waals surface area (Å²) in [6.45, 7) is 2.16. The molecule has 1 N–H and O–H groups in total. The first kappa shape index (κ1) is 10.3. The third-order valence-electron chi connectivity index (χ3n) is 1.76. The minimum absolute atomic E-state index is 0.470. The monoisotopic (exact) mass is 197 g/mol. The van der Waals surface area contributed by atoms with Crippen molar-refractivity contribution in [3.05, 3.63) is 18.5 Å². The molecule has 1 rings (SSSR count). The molecule has 0 aliphatic heterocycles. The van der Waals surface area contributed by atoms with E-state index in [1.807, 2.05) is 17.8 Å². The van der Waals surface area contributed by atoms with Crippen molar-refractivity contribution < 1.29 is 0 Å². The van der Waals surface area contributed by atoms with Crippen LogP contribution < -0.4 is 5.32 Å². The van der Waals surface area contributed by atoms with Crippen molar-refractivity contribution in [2.75, 3.05) is 17.3 Å². The number of nitrogens with one attached hydrogen (secondary N) is 1. The average Bonchev–Trinajstić information content (AvgIpc) is 2.19. The van der Waals surface area contributed by atoms with Crippen LogP contribution >= 0.6 is 11.8 Å². The Morgan fingerprint density at radius 1 is 1.46 bits per heavy atom. The van der Waals surface area contributed by atoms with E-state index >= 15 is 0 Å². The number of nitrogens with zero attached hydrogens (tertiary/aromatic N) is 2. The van der Waals surface area contributed by atoms with Crippen molar-refractivity contribution in [1.29, 1.82) is 0 Å². The molecule has 13 heavy (non-hydrogen) atoms. The highest BCUT2D eigenvalue weighted by atomic mass is 32.2. The minimum atomic E-state index is 0.470. The molecule has 1 atom stereocenters. The van der Waals surface area contributed by atoms with Gasteiger partial charge in [0.05, 0.1) is 0 Å². The van der Waals surface area contributed by atoms with Gasteiger partial charge >= 0.3 is 0 Å². The molecule has 0 saturated heterocycles. The molecule has 0 aliphatic rings. The predicted molar refractivity (Wildman–Crippen MR) is 58.1 cm³/mol. The largest absolute Gasteiger partial charge is 0.351 e. The third-order valence-corrected chi connectivity index (χ3v) is 2.50. The van der Waals surface area contributed by atoms with E-state index in [9.17, 15) is 0 Å². The smallest absolute Gasteiger partial charge is 0.222 e. The highest BCUT2D eigenvalue weighted by Gasteiger charge is 2.05. The van der Waals surface area contributed by atoms with Gasteiger partial charge < -0.3 is 5.32 Å². The van der Waals surface area contributed by atoms with E-state index in [2.05, 4.69) is 28.5 Å². The van der Waals surface area contributed by atoms with Gasteiger partial charge in [-0.15, -0.1) is 0 Å². The molecule has 0 bridgehead atoms. The second kappa shape index (κ2) is 5.80. The molecule has 72 valence electrons. The summed E-state index contributed by atoms with van der Waals surface area (Å²) in [5, 5.41) is 3.29. The van der Waals surface area contributed by atoms with Gasteiger partial charge in [-0.25, -0.2) is 9.97 Å². The highest BCUT2D eigenvalue weighted by Crippen LogP contribution is 2.06. The molecule has 0 amide bonds. The molecule has 1 aromatic heterocycles. The van der Waals surface area contributed by atoms with Crippen LogP contribution in [-0.4, -0.2) is 28.0 Å². The van der Waals surface area contributed by atoms with E-state index < -0.39 is 0 Å². The third kappa shape index (κ3) is 3.63. The van der Waals surface area contributed by atoms with Crippen LogP contribution in [0.2, 0.25) is 0 Å². The summed E-state index contributed by atoms with van der Waals surface area (Å²) in [4.78, 5) is 8.23. The lowest BCUT2D eigenvalue weighted by Crippen LogP contribution is -2.22. The van der Waals surface area contributed by atoms with Crippen LogP contribution in [-0.2, 0) is 0 Å². The number of hydrogen-bond acceptors (Lipinski definition) is 4. The van der Waals surface area contributed by atoms with E-state index in [0.717, 1.165) is 18.1 Å². The van der Waals surface area contributed by atoms with E-state index in [0.29, 0.717) is 6.04 Å². The Kier molecular flexibility index (Phi) is 4.60. The standard InChI is InChI=1S/C9H15N3S/c1-3-8(7-13-2)12-9-10-5-4-6-11-9/h4-6,8H,3,7H2,1-2H3,(H,10,11,12). The maximum Gasteiger partial charge on any atom is 0.222 e. The summed E-state index contributed by atoms with van der Waals surface area (Å²) in [5.41, 5.74) is 0. The van der Waals surface area contributed by atoms with Gasteiger partial charge in [0.25, 0.3) is 0 Å². The van der Waals surface area contributed by atoms with Crippen LogP contribution in [0, 0.1) is 0 Å². The molecular formula is C9H15N3S. The van der Waals surface area contributed by atoms with E-state index in [1.165, 1.54) is 0 Å². The van der Waals surface area contributed by atoms with Gasteiger partial charge in [0.15, 0.2) is 0 Å². The van der Waals surface area contributed by atoms with Crippen LogP contribution in [0.4, 0.5) is 5.95 Å². The van der Waals surface area contributed by atoms with Crippen LogP contribution in [0.15, 0.2) is 18.5 Å². The Balaban J connectivity index is 2.46. The molecular weight excluding hydrogens is 182 g/mol. The zero-order valence-electron chi connectivity index (χ0n) is 8.03. The fraction of sp³-hybridized carbons (Fsp3) is 0.556. The van der Waals surface area contributed by atoms with Crippen molar-refractivity contribution in [2.45, 2.75) is 19.4 Å². The van der Waals surface area contributed by atoms with Crippen LogP contribution in [0.3, 0.4) is 0 Å². The minimum Gasteiger partial charge on any atom is -0.351 e. The summed E-state index contributed by atoms with van der Waals surface area (Å²) in [5.74, 6) is 1.82. The lowest BCUT2D eigenvalue weighted by Gasteiger charge is -2.14. The number of thioether (sulfide) groups is 1. The van der Waals surface area contributed by atoms with Gasteiger partial charge in [-0.3, -0.25) is 0 Å². The maximum absolute atomic E-state index is 4.12. The first-order valence-electron chi connectivity index (χ1n) is 4.39. The zero-order chi connectivity index (χ0) is 9.52. The van der Waals surface area contributed by atoms with Gasteiger partial charge in [0.2, 0.25) is 5.95 Å². The maximum atomic E-state index is 4.12. The highest BCUT2D eigenvalue weighted by molar-refractivity contribution is 7.98. The SMILES string of the molecule is CCC(CSC)Nc1ncccn1. The number of aromatic nitrogens is 2. The quantitative estimate of drug-likeness (QED) is 0.783. The average molecular weight is 197 g/mol. The topological polar surface area (TPSA) is 37.8 Å². The lowest BCUT2D eigenvalue weighted by atomic mass is 10.3. The second-order valence-electron chi connectivity index (χ2n) is 2.78. The predicted octanol–water partition coefficient (Wildman–Crippen LogP) is 2.03. The Bertz CT molecular complexity index is 228. The molecule has 4 heteroatoms. The molecule has 0 radical (unpaired) electrons. The Labute approximate surface area is 83.4 Å². The molecule has 0 aromatic carbocycles. The fourth-order valence-electron chi connectivity index (χ4n) is 1.02. The number of hydrogen-bond donors (Lipinski definition) is 1. The molecule has 1 unspecified atom stereocenters. The van der Waals surface area contributed by atoms with E-state index in [1.54, 1.807) is 12.4 Å². The van der Waals surface area contributed by atoms with E-state index in [4.69, 9.17) is 0 Å². The summed E-state index contributed by atoms with van der Waals surface area (Å²) in [6, 6.07) is 2.29.